The topological polar surface area (TPSA) is 52.6 Å². The average Bonchev–Trinajstić information content (AvgIpc) is 2.75. The average molecular weight is 390 g/mol. The van der Waals surface area contributed by atoms with E-state index in [1.54, 1.807) is 7.11 Å². The van der Waals surface area contributed by atoms with Gasteiger partial charge in [-0.2, -0.15) is 0 Å². The summed E-state index contributed by atoms with van der Waals surface area (Å²) in [6.07, 6.45) is 0. The highest BCUT2D eigenvalue weighted by Crippen LogP contribution is 2.28. The number of nitrogens with zero attached hydrogens (tertiary/aromatic N) is 4. The van der Waals surface area contributed by atoms with Gasteiger partial charge in [0, 0.05) is 59.4 Å². The first-order valence-corrected chi connectivity index (χ1v) is 10.3. The molecule has 0 spiro atoms. The SMILES string of the molecule is CN=C(NCC(C)CN1CCOCC1)N1CCN(c2ccccc2OC)CC1. The van der Waals surface area contributed by atoms with Gasteiger partial charge in [0.1, 0.15) is 5.75 Å². The molecule has 1 unspecified atom stereocenters. The molecule has 7 heteroatoms. The number of nitrogens with one attached hydrogen (secondary N) is 1. The monoisotopic (exact) mass is 389 g/mol. The van der Waals surface area contributed by atoms with Crippen LogP contribution in [0, 0.1) is 5.92 Å². The van der Waals surface area contributed by atoms with Gasteiger partial charge >= 0.3 is 0 Å². The summed E-state index contributed by atoms with van der Waals surface area (Å²) < 4.78 is 11.0. The number of para-hydroxylation sites is 2. The van der Waals surface area contributed by atoms with Crippen LogP contribution >= 0.6 is 0 Å². The molecule has 3 rings (SSSR count). The van der Waals surface area contributed by atoms with Crippen molar-refractivity contribution in [3.8, 4) is 5.75 Å². The summed E-state index contributed by atoms with van der Waals surface area (Å²) in [5, 5.41) is 3.58. The number of morpholine rings is 1. The zero-order valence-corrected chi connectivity index (χ0v) is 17.6. The maximum atomic E-state index is 5.52. The standard InChI is InChI=1S/C21H35N5O2/c1-18(17-24-12-14-28-15-13-24)16-23-21(22-2)26-10-8-25(9-11-26)19-6-4-5-7-20(19)27-3/h4-7,18H,8-17H2,1-3H3,(H,22,23). The number of guanidine groups is 1. The molecule has 1 aromatic carbocycles. The van der Waals surface area contributed by atoms with Crippen LogP contribution in [0.1, 0.15) is 6.92 Å². The third-order valence-corrected chi connectivity index (χ3v) is 5.50. The molecule has 0 aromatic heterocycles. The van der Waals surface area contributed by atoms with E-state index >= 15 is 0 Å². The Hall–Kier alpha value is -1.99. The minimum Gasteiger partial charge on any atom is -0.495 e. The quantitative estimate of drug-likeness (QED) is 0.586. The molecule has 1 aromatic rings. The van der Waals surface area contributed by atoms with Gasteiger partial charge in [0.2, 0.25) is 0 Å². The van der Waals surface area contributed by atoms with Crippen molar-refractivity contribution in [1.82, 2.24) is 15.1 Å². The number of anilines is 1. The van der Waals surface area contributed by atoms with E-state index in [1.165, 1.54) is 5.69 Å². The summed E-state index contributed by atoms with van der Waals surface area (Å²) in [4.78, 5) is 11.8. The van der Waals surface area contributed by atoms with Crippen LogP contribution in [0.4, 0.5) is 5.69 Å². The fraction of sp³-hybridized carbons (Fsp3) is 0.667. The van der Waals surface area contributed by atoms with Crippen LogP contribution in [0.2, 0.25) is 0 Å². The third kappa shape index (κ3) is 5.52. The van der Waals surface area contributed by atoms with Crippen molar-refractivity contribution in [2.24, 2.45) is 10.9 Å². The maximum absolute atomic E-state index is 5.52. The van der Waals surface area contributed by atoms with E-state index in [9.17, 15) is 0 Å². The lowest BCUT2D eigenvalue weighted by atomic mass is 10.1. The van der Waals surface area contributed by atoms with E-state index in [4.69, 9.17) is 9.47 Å². The Morgan fingerprint density at radius 3 is 2.54 bits per heavy atom. The zero-order chi connectivity index (χ0) is 19.8. The van der Waals surface area contributed by atoms with Crippen LogP contribution in [0.5, 0.6) is 5.75 Å². The summed E-state index contributed by atoms with van der Waals surface area (Å²) in [7, 11) is 3.61. The highest BCUT2D eigenvalue weighted by molar-refractivity contribution is 5.80. The zero-order valence-electron chi connectivity index (χ0n) is 17.6. The lowest BCUT2D eigenvalue weighted by molar-refractivity contribution is 0.0320. The number of piperazine rings is 1. The molecular formula is C21H35N5O2. The van der Waals surface area contributed by atoms with Crippen molar-refractivity contribution in [3.05, 3.63) is 24.3 Å². The molecule has 1 N–H and O–H groups in total. The number of hydrogen-bond acceptors (Lipinski definition) is 5. The Bertz CT molecular complexity index is 625. The summed E-state index contributed by atoms with van der Waals surface area (Å²) in [6, 6.07) is 8.25. The van der Waals surface area contributed by atoms with Gasteiger partial charge in [-0.1, -0.05) is 19.1 Å². The molecule has 0 bridgehead atoms. The van der Waals surface area contributed by atoms with E-state index in [0.29, 0.717) is 5.92 Å². The predicted molar refractivity (Wildman–Crippen MR) is 115 cm³/mol. The first-order valence-electron chi connectivity index (χ1n) is 10.3. The molecule has 2 heterocycles. The van der Waals surface area contributed by atoms with Gasteiger partial charge in [-0.05, 0) is 18.1 Å². The van der Waals surface area contributed by atoms with E-state index in [0.717, 1.165) is 77.3 Å². The molecule has 156 valence electrons. The minimum absolute atomic E-state index is 0.574. The van der Waals surface area contributed by atoms with Crippen molar-refractivity contribution in [3.63, 3.8) is 0 Å². The van der Waals surface area contributed by atoms with Gasteiger partial charge in [0.25, 0.3) is 0 Å². The molecule has 28 heavy (non-hydrogen) atoms. The summed E-state index contributed by atoms with van der Waals surface area (Å²) >= 11 is 0. The van der Waals surface area contributed by atoms with Gasteiger partial charge in [-0.3, -0.25) is 9.89 Å². The van der Waals surface area contributed by atoms with Crippen LogP contribution in [0.15, 0.2) is 29.3 Å². The molecule has 2 aliphatic heterocycles. The lowest BCUT2D eigenvalue weighted by Crippen LogP contribution is -2.53. The highest BCUT2D eigenvalue weighted by Gasteiger charge is 2.22. The van der Waals surface area contributed by atoms with Gasteiger partial charge in [-0.25, -0.2) is 0 Å². The Kier molecular flexibility index (Phi) is 7.80. The van der Waals surface area contributed by atoms with Gasteiger partial charge in [0.05, 0.1) is 26.0 Å². The molecule has 0 aliphatic carbocycles. The smallest absolute Gasteiger partial charge is 0.193 e. The second-order valence-corrected chi connectivity index (χ2v) is 7.59. The molecule has 0 saturated carbocycles. The molecule has 7 nitrogen and oxygen atoms in total. The van der Waals surface area contributed by atoms with E-state index < -0.39 is 0 Å². The number of aliphatic imine (C=N–C) groups is 1. The van der Waals surface area contributed by atoms with Crippen molar-refractivity contribution in [2.75, 3.05) is 84.6 Å². The molecular weight excluding hydrogens is 354 g/mol. The summed E-state index contributed by atoms with van der Waals surface area (Å²) in [5.74, 6) is 2.52. The molecule has 2 saturated heterocycles. The first kappa shape index (κ1) is 20.7. The predicted octanol–water partition coefficient (Wildman–Crippen LogP) is 1.36. The van der Waals surface area contributed by atoms with Gasteiger partial charge in [-0.15, -0.1) is 0 Å². The maximum Gasteiger partial charge on any atom is 0.193 e. The number of ether oxygens (including phenoxy) is 2. The van der Waals surface area contributed by atoms with Crippen molar-refractivity contribution >= 4 is 11.6 Å². The Morgan fingerprint density at radius 1 is 1.14 bits per heavy atom. The number of hydrogen-bond donors (Lipinski definition) is 1. The highest BCUT2D eigenvalue weighted by atomic mass is 16.5. The number of benzene rings is 1. The van der Waals surface area contributed by atoms with E-state index in [1.807, 2.05) is 19.2 Å². The van der Waals surface area contributed by atoms with Crippen molar-refractivity contribution < 1.29 is 9.47 Å². The lowest BCUT2D eigenvalue weighted by Gasteiger charge is -2.38. The first-order chi connectivity index (χ1) is 13.7. The molecule has 0 amide bonds. The summed E-state index contributed by atoms with van der Waals surface area (Å²) in [5.41, 5.74) is 1.17. The van der Waals surface area contributed by atoms with Crippen molar-refractivity contribution in [1.29, 1.82) is 0 Å². The largest absolute Gasteiger partial charge is 0.495 e. The molecule has 0 radical (unpaired) electrons. The second-order valence-electron chi connectivity index (χ2n) is 7.59. The fourth-order valence-electron chi connectivity index (χ4n) is 3.94. The molecule has 2 aliphatic rings. The van der Waals surface area contributed by atoms with Gasteiger partial charge in [0.15, 0.2) is 5.96 Å². The normalized spacial score (nSPS) is 20.2. The number of rotatable bonds is 6. The Balaban J connectivity index is 1.45. The minimum atomic E-state index is 0.574. The second kappa shape index (κ2) is 10.5. The van der Waals surface area contributed by atoms with E-state index in [-0.39, 0.29) is 0 Å². The molecule has 2 fully saturated rings. The Morgan fingerprint density at radius 2 is 1.86 bits per heavy atom. The number of methoxy groups -OCH3 is 1. The van der Waals surface area contributed by atoms with Crippen molar-refractivity contribution in [2.45, 2.75) is 6.92 Å². The Labute approximate surface area is 169 Å². The fourth-order valence-corrected chi connectivity index (χ4v) is 3.94. The third-order valence-electron chi connectivity index (χ3n) is 5.50. The van der Waals surface area contributed by atoms with Crippen LogP contribution in [0.25, 0.3) is 0 Å². The summed E-state index contributed by atoms with van der Waals surface area (Å²) in [6.45, 7) is 12.0. The van der Waals surface area contributed by atoms with Crippen LogP contribution in [0.3, 0.4) is 0 Å². The van der Waals surface area contributed by atoms with Crippen LogP contribution in [-0.4, -0.2) is 95.5 Å². The molecule has 1 atom stereocenters. The van der Waals surface area contributed by atoms with Gasteiger partial charge < -0.3 is 24.6 Å². The van der Waals surface area contributed by atoms with Crippen LogP contribution in [-0.2, 0) is 4.74 Å². The van der Waals surface area contributed by atoms with E-state index in [2.05, 4.69) is 44.1 Å². The van der Waals surface area contributed by atoms with Crippen LogP contribution < -0.4 is 15.0 Å².